The number of aromatic carboxylic acids is 1. The first-order valence-corrected chi connectivity index (χ1v) is 6.18. The van der Waals surface area contributed by atoms with Crippen LogP contribution < -0.4 is 5.32 Å². The first-order chi connectivity index (χ1) is 9.74. The second-order valence-corrected chi connectivity index (χ2v) is 4.39. The van der Waals surface area contributed by atoms with Gasteiger partial charge in [0.1, 0.15) is 0 Å². The average molecular weight is 264 g/mol. The first-order valence-electron chi connectivity index (χ1n) is 6.18. The van der Waals surface area contributed by atoms with Gasteiger partial charge in [-0.3, -0.25) is 4.98 Å². The number of benzene rings is 2. The Morgan fingerprint density at radius 1 is 1.00 bits per heavy atom. The summed E-state index contributed by atoms with van der Waals surface area (Å²) in [4.78, 5) is 15.2. The molecule has 0 fully saturated rings. The van der Waals surface area contributed by atoms with Crippen molar-refractivity contribution in [2.75, 3.05) is 5.32 Å². The topological polar surface area (TPSA) is 62.2 Å². The van der Waals surface area contributed by atoms with Crippen LogP contribution in [0.25, 0.3) is 10.9 Å². The molecule has 2 N–H and O–H groups in total. The molecule has 0 amide bonds. The lowest BCUT2D eigenvalue weighted by Gasteiger charge is -2.09. The van der Waals surface area contributed by atoms with Gasteiger partial charge in [0.05, 0.1) is 16.8 Å². The fourth-order valence-corrected chi connectivity index (χ4v) is 2.06. The lowest BCUT2D eigenvalue weighted by Crippen LogP contribution is -1.97. The third-order valence-corrected chi connectivity index (χ3v) is 3.04. The van der Waals surface area contributed by atoms with Crippen LogP contribution >= 0.6 is 0 Å². The summed E-state index contributed by atoms with van der Waals surface area (Å²) in [6.07, 6.45) is 1.75. The van der Waals surface area contributed by atoms with Crippen molar-refractivity contribution < 1.29 is 9.90 Å². The predicted molar refractivity (Wildman–Crippen MR) is 78.4 cm³/mol. The molecule has 1 heterocycles. The molecule has 0 saturated heterocycles. The van der Waals surface area contributed by atoms with Crippen LogP contribution in [0.5, 0.6) is 0 Å². The van der Waals surface area contributed by atoms with E-state index >= 15 is 0 Å². The van der Waals surface area contributed by atoms with Crippen LogP contribution in [-0.4, -0.2) is 16.1 Å². The number of rotatable bonds is 3. The summed E-state index contributed by atoms with van der Waals surface area (Å²) in [5.74, 6) is -0.927. The van der Waals surface area contributed by atoms with E-state index in [-0.39, 0.29) is 5.56 Å². The summed E-state index contributed by atoms with van der Waals surface area (Å²) >= 11 is 0. The van der Waals surface area contributed by atoms with Crippen molar-refractivity contribution in [2.45, 2.75) is 0 Å². The summed E-state index contributed by atoms with van der Waals surface area (Å²) in [5, 5.41) is 13.2. The summed E-state index contributed by atoms with van der Waals surface area (Å²) in [7, 11) is 0. The van der Waals surface area contributed by atoms with Crippen molar-refractivity contribution >= 4 is 28.2 Å². The standard InChI is InChI=1S/C16H12N2O2/c19-16(20)12-6-8-13(9-7-12)18-14-5-1-3-11-4-2-10-17-15(11)14/h1-10,18H,(H,19,20). The van der Waals surface area contributed by atoms with Gasteiger partial charge in [-0.2, -0.15) is 0 Å². The molecule has 3 rings (SSSR count). The van der Waals surface area contributed by atoms with Crippen molar-refractivity contribution in [1.82, 2.24) is 4.98 Å². The Labute approximate surface area is 115 Å². The maximum Gasteiger partial charge on any atom is 0.335 e. The van der Waals surface area contributed by atoms with Crippen LogP contribution in [0.4, 0.5) is 11.4 Å². The van der Waals surface area contributed by atoms with E-state index in [0.717, 1.165) is 22.3 Å². The molecule has 0 saturated carbocycles. The summed E-state index contributed by atoms with van der Waals surface area (Å²) in [6.45, 7) is 0. The Morgan fingerprint density at radius 2 is 1.75 bits per heavy atom. The lowest BCUT2D eigenvalue weighted by atomic mass is 10.1. The molecular formula is C16H12N2O2. The summed E-state index contributed by atoms with van der Waals surface area (Å²) in [6, 6.07) is 16.4. The summed E-state index contributed by atoms with van der Waals surface area (Å²) in [5.41, 5.74) is 2.88. The molecule has 4 nitrogen and oxygen atoms in total. The van der Waals surface area contributed by atoms with Crippen molar-refractivity contribution in [3.63, 3.8) is 0 Å². The Bertz CT molecular complexity index is 762. The second kappa shape index (κ2) is 5.01. The Balaban J connectivity index is 1.95. The van der Waals surface area contributed by atoms with E-state index in [2.05, 4.69) is 10.3 Å². The highest BCUT2D eigenvalue weighted by molar-refractivity contribution is 5.92. The summed E-state index contributed by atoms with van der Waals surface area (Å²) < 4.78 is 0. The van der Waals surface area contributed by atoms with Crippen molar-refractivity contribution in [1.29, 1.82) is 0 Å². The Morgan fingerprint density at radius 3 is 2.50 bits per heavy atom. The number of nitrogens with zero attached hydrogens (tertiary/aromatic N) is 1. The third kappa shape index (κ3) is 2.31. The molecule has 3 aromatic rings. The minimum absolute atomic E-state index is 0.270. The van der Waals surface area contributed by atoms with Gasteiger partial charge in [0.2, 0.25) is 0 Å². The number of pyridine rings is 1. The molecule has 4 heteroatoms. The normalized spacial score (nSPS) is 10.4. The molecular weight excluding hydrogens is 252 g/mol. The van der Waals surface area contributed by atoms with Gasteiger partial charge in [-0.25, -0.2) is 4.79 Å². The van der Waals surface area contributed by atoms with Gasteiger partial charge in [-0.05, 0) is 36.4 Å². The fourth-order valence-electron chi connectivity index (χ4n) is 2.06. The van der Waals surface area contributed by atoms with Crippen LogP contribution in [0.1, 0.15) is 10.4 Å². The Kier molecular flexibility index (Phi) is 3.05. The van der Waals surface area contributed by atoms with E-state index in [1.807, 2.05) is 30.3 Å². The number of carbonyl (C=O) groups is 1. The van der Waals surface area contributed by atoms with Crippen LogP contribution in [0, 0.1) is 0 Å². The number of fused-ring (bicyclic) bond motifs is 1. The van der Waals surface area contributed by atoms with E-state index in [0.29, 0.717) is 0 Å². The molecule has 0 bridgehead atoms. The van der Waals surface area contributed by atoms with Crippen LogP contribution in [0.15, 0.2) is 60.8 Å². The molecule has 0 spiro atoms. The van der Waals surface area contributed by atoms with E-state index in [1.54, 1.807) is 30.5 Å². The highest BCUT2D eigenvalue weighted by Crippen LogP contribution is 2.24. The van der Waals surface area contributed by atoms with Gasteiger partial charge in [0.15, 0.2) is 0 Å². The third-order valence-electron chi connectivity index (χ3n) is 3.04. The monoisotopic (exact) mass is 264 g/mol. The Hall–Kier alpha value is -2.88. The molecule has 20 heavy (non-hydrogen) atoms. The number of hydrogen-bond donors (Lipinski definition) is 2. The molecule has 2 aromatic carbocycles. The average Bonchev–Trinajstić information content (AvgIpc) is 2.48. The number of anilines is 2. The van der Waals surface area contributed by atoms with E-state index < -0.39 is 5.97 Å². The molecule has 1 aromatic heterocycles. The fraction of sp³-hybridized carbons (Fsp3) is 0. The number of carboxylic acid groups (broad SMARTS) is 1. The van der Waals surface area contributed by atoms with E-state index in [1.165, 1.54) is 0 Å². The van der Waals surface area contributed by atoms with Gasteiger partial charge in [0.25, 0.3) is 0 Å². The molecule has 0 aliphatic carbocycles. The maximum absolute atomic E-state index is 10.8. The lowest BCUT2D eigenvalue weighted by molar-refractivity contribution is 0.0697. The van der Waals surface area contributed by atoms with Gasteiger partial charge in [-0.1, -0.05) is 18.2 Å². The number of nitrogens with one attached hydrogen (secondary N) is 1. The van der Waals surface area contributed by atoms with Crippen LogP contribution in [-0.2, 0) is 0 Å². The molecule has 0 atom stereocenters. The van der Waals surface area contributed by atoms with E-state index in [9.17, 15) is 4.79 Å². The molecule has 0 aliphatic rings. The molecule has 98 valence electrons. The quantitative estimate of drug-likeness (QED) is 0.757. The van der Waals surface area contributed by atoms with Gasteiger partial charge < -0.3 is 10.4 Å². The maximum atomic E-state index is 10.8. The van der Waals surface area contributed by atoms with E-state index in [4.69, 9.17) is 5.11 Å². The van der Waals surface area contributed by atoms with Crippen LogP contribution in [0.2, 0.25) is 0 Å². The largest absolute Gasteiger partial charge is 0.478 e. The van der Waals surface area contributed by atoms with Crippen molar-refractivity contribution in [3.05, 3.63) is 66.4 Å². The number of carboxylic acids is 1. The van der Waals surface area contributed by atoms with Gasteiger partial charge in [-0.15, -0.1) is 0 Å². The number of aromatic nitrogens is 1. The first kappa shape index (κ1) is 12.2. The van der Waals surface area contributed by atoms with Crippen molar-refractivity contribution in [2.24, 2.45) is 0 Å². The second-order valence-electron chi connectivity index (χ2n) is 4.39. The van der Waals surface area contributed by atoms with Crippen molar-refractivity contribution in [3.8, 4) is 0 Å². The number of hydrogen-bond acceptors (Lipinski definition) is 3. The number of para-hydroxylation sites is 1. The zero-order valence-corrected chi connectivity index (χ0v) is 10.6. The predicted octanol–water partition coefficient (Wildman–Crippen LogP) is 3.68. The minimum atomic E-state index is -0.927. The zero-order valence-electron chi connectivity index (χ0n) is 10.6. The van der Waals surface area contributed by atoms with Crippen LogP contribution in [0.3, 0.4) is 0 Å². The van der Waals surface area contributed by atoms with Gasteiger partial charge in [0, 0.05) is 17.3 Å². The molecule has 0 radical (unpaired) electrons. The molecule has 0 unspecified atom stereocenters. The highest BCUT2D eigenvalue weighted by Gasteiger charge is 2.04. The SMILES string of the molecule is O=C(O)c1ccc(Nc2cccc3cccnc23)cc1. The zero-order chi connectivity index (χ0) is 13.9. The minimum Gasteiger partial charge on any atom is -0.478 e. The highest BCUT2D eigenvalue weighted by atomic mass is 16.4. The molecule has 0 aliphatic heterocycles. The van der Waals surface area contributed by atoms with Gasteiger partial charge >= 0.3 is 5.97 Å². The smallest absolute Gasteiger partial charge is 0.335 e.